The van der Waals surface area contributed by atoms with Crippen molar-refractivity contribution in [1.29, 1.82) is 0 Å². The minimum Gasteiger partial charge on any atom is -0.316 e. The molecule has 0 saturated heterocycles. The van der Waals surface area contributed by atoms with Crippen LogP contribution in [0.4, 0.5) is 5.00 Å². The Morgan fingerprint density at radius 2 is 1.77 bits per heavy atom. The number of ketones is 1. The van der Waals surface area contributed by atoms with Crippen molar-refractivity contribution in [3.05, 3.63) is 86.8 Å². The predicted octanol–water partition coefficient (Wildman–Crippen LogP) is 4.77. The van der Waals surface area contributed by atoms with E-state index in [1.165, 1.54) is 16.0 Å². The quantitative estimate of drug-likeness (QED) is 0.593. The Morgan fingerprint density at radius 3 is 2.61 bits per heavy atom. The fourth-order valence-corrected chi connectivity index (χ4v) is 6.06. The lowest BCUT2D eigenvalue weighted by Gasteiger charge is -2.28. The van der Waals surface area contributed by atoms with Gasteiger partial charge in [-0.3, -0.25) is 14.5 Å². The molecule has 3 aromatic rings. The molecule has 1 aliphatic heterocycles. The average Bonchev–Trinajstić information content (AvgIpc) is 3.34. The summed E-state index contributed by atoms with van der Waals surface area (Å²) in [6, 6.07) is 16.1. The van der Waals surface area contributed by atoms with Gasteiger partial charge in [0.15, 0.2) is 5.78 Å². The van der Waals surface area contributed by atoms with Crippen molar-refractivity contribution in [3.63, 3.8) is 0 Å². The lowest BCUT2D eigenvalue weighted by Crippen LogP contribution is -2.37. The molecule has 4 nitrogen and oxygen atoms in total. The zero-order valence-corrected chi connectivity index (χ0v) is 18.6. The van der Waals surface area contributed by atoms with E-state index in [4.69, 9.17) is 0 Å². The molecule has 5 heteroatoms. The number of carbonyl (C=O) groups excluding carboxylic acids is 2. The Labute approximate surface area is 186 Å². The lowest BCUT2D eigenvalue weighted by molar-refractivity contribution is -0.117. The fourth-order valence-electron chi connectivity index (χ4n) is 4.75. The van der Waals surface area contributed by atoms with Gasteiger partial charge in [0.25, 0.3) is 0 Å². The topological polar surface area (TPSA) is 49.4 Å². The summed E-state index contributed by atoms with van der Waals surface area (Å²) in [4.78, 5) is 29.8. The third-order valence-electron chi connectivity index (χ3n) is 6.37. The van der Waals surface area contributed by atoms with E-state index in [1.54, 1.807) is 11.3 Å². The zero-order chi connectivity index (χ0) is 21.4. The number of nitrogens with one attached hydrogen (secondary N) is 1. The van der Waals surface area contributed by atoms with Crippen LogP contribution >= 0.6 is 11.3 Å². The number of hydrogen-bond acceptors (Lipinski definition) is 4. The standard InChI is InChI=1S/C26H26N2O2S/c1-17-7-2-5-10-20(17)25(30)24-21-11-6-12-22(21)31-26(24)27-23(29)16-28-14-13-18-8-3-4-9-19(18)15-28/h2-5,7-10H,6,11-16H2,1H3,(H,27,29). The molecule has 0 saturated carbocycles. The normalized spacial score (nSPS) is 15.4. The molecule has 158 valence electrons. The van der Waals surface area contributed by atoms with Gasteiger partial charge < -0.3 is 5.32 Å². The molecule has 1 N–H and O–H groups in total. The summed E-state index contributed by atoms with van der Waals surface area (Å²) in [6.07, 6.45) is 3.95. The van der Waals surface area contributed by atoms with Gasteiger partial charge in [-0.1, -0.05) is 48.5 Å². The van der Waals surface area contributed by atoms with Crippen LogP contribution in [0.1, 0.15) is 49.5 Å². The third-order valence-corrected chi connectivity index (χ3v) is 7.58. The van der Waals surface area contributed by atoms with Crippen LogP contribution in [0, 0.1) is 6.92 Å². The van der Waals surface area contributed by atoms with Crippen LogP contribution in [-0.4, -0.2) is 29.7 Å². The number of fused-ring (bicyclic) bond motifs is 2. The van der Waals surface area contributed by atoms with Crippen molar-refractivity contribution in [2.75, 3.05) is 18.4 Å². The molecule has 0 radical (unpaired) electrons. The summed E-state index contributed by atoms with van der Waals surface area (Å²) in [7, 11) is 0. The number of benzene rings is 2. The van der Waals surface area contributed by atoms with E-state index >= 15 is 0 Å². The first kappa shape index (κ1) is 20.2. The number of amides is 1. The maximum Gasteiger partial charge on any atom is 0.239 e. The molecule has 2 aromatic carbocycles. The van der Waals surface area contributed by atoms with E-state index in [2.05, 4.69) is 34.5 Å². The first-order chi connectivity index (χ1) is 15.1. The molecule has 0 spiro atoms. The predicted molar refractivity (Wildman–Crippen MR) is 125 cm³/mol. The van der Waals surface area contributed by atoms with Gasteiger partial charge in [-0.05, 0) is 54.9 Å². The zero-order valence-electron chi connectivity index (χ0n) is 17.7. The highest BCUT2D eigenvalue weighted by molar-refractivity contribution is 7.17. The number of aryl methyl sites for hydroxylation is 2. The van der Waals surface area contributed by atoms with Gasteiger partial charge in [-0.25, -0.2) is 0 Å². The highest BCUT2D eigenvalue weighted by Gasteiger charge is 2.29. The van der Waals surface area contributed by atoms with Crippen molar-refractivity contribution in [1.82, 2.24) is 4.90 Å². The second kappa shape index (κ2) is 8.40. The van der Waals surface area contributed by atoms with E-state index in [1.807, 2.05) is 31.2 Å². The van der Waals surface area contributed by atoms with Crippen LogP contribution in [0.2, 0.25) is 0 Å². The van der Waals surface area contributed by atoms with Crippen LogP contribution in [0.3, 0.4) is 0 Å². The van der Waals surface area contributed by atoms with Crippen molar-refractivity contribution >= 4 is 28.0 Å². The summed E-state index contributed by atoms with van der Waals surface area (Å²) in [6.45, 7) is 3.97. The van der Waals surface area contributed by atoms with Gasteiger partial charge in [0, 0.05) is 23.5 Å². The molecular formula is C26H26N2O2S. The van der Waals surface area contributed by atoms with Gasteiger partial charge in [0.2, 0.25) is 5.91 Å². The third kappa shape index (κ3) is 3.95. The minimum absolute atomic E-state index is 0.0275. The van der Waals surface area contributed by atoms with E-state index < -0.39 is 0 Å². The molecule has 1 aliphatic carbocycles. The van der Waals surface area contributed by atoms with Crippen LogP contribution in [0.25, 0.3) is 0 Å². The SMILES string of the molecule is Cc1ccccc1C(=O)c1c(NC(=O)CN2CCc3ccccc3C2)sc2c1CCC2. The maximum absolute atomic E-state index is 13.5. The summed E-state index contributed by atoms with van der Waals surface area (Å²) in [5, 5.41) is 3.82. The fraction of sp³-hybridized carbons (Fsp3) is 0.308. The Bertz CT molecular complexity index is 1160. The van der Waals surface area contributed by atoms with Gasteiger partial charge in [-0.2, -0.15) is 0 Å². The Kier molecular flexibility index (Phi) is 5.47. The highest BCUT2D eigenvalue weighted by atomic mass is 32.1. The number of thiophene rings is 1. The van der Waals surface area contributed by atoms with Crippen molar-refractivity contribution in [2.24, 2.45) is 0 Å². The van der Waals surface area contributed by atoms with Gasteiger partial charge >= 0.3 is 0 Å². The van der Waals surface area contributed by atoms with Gasteiger partial charge in [0.05, 0.1) is 12.1 Å². The molecule has 2 heterocycles. The summed E-state index contributed by atoms with van der Waals surface area (Å²) < 4.78 is 0. The summed E-state index contributed by atoms with van der Waals surface area (Å²) in [5.74, 6) is -0.0159. The largest absolute Gasteiger partial charge is 0.316 e. The Hall–Kier alpha value is -2.76. The molecule has 2 aliphatic rings. The first-order valence-corrected chi connectivity index (χ1v) is 11.8. The molecule has 5 rings (SSSR count). The van der Waals surface area contributed by atoms with Crippen LogP contribution in [0.5, 0.6) is 0 Å². The number of hydrogen-bond donors (Lipinski definition) is 1. The molecule has 0 bridgehead atoms. The number of carbonyl (C=O) groups is 2. The monoisotopic (exact) mass is 430 g/mol. The molecule has 0 atom stereocenters. The minimum atomic E-state index is -0.0434. The summed E-state index contributed by atoms with van der Waals surface area (Å²) in [5.41, 5.74) is 6.21. The van der Waals surface area contributed by atoms with Crippen LogP contribution < -0.4 is 5.32 Å². The molecule has 0 fully saturated rings. The molecule has 0 unspecified atom stereocenters. The second-order valence-corrected chi connectivity index (χ2v) is 9.59. The number of rotatable bonds is 5. The molecule has 1 amide bonds. The molecular weight excluding hydrogens is 404 g/mol. The lowest BCUT2D eigenvalue weighted by atomic mass is 9.97. The Morgan fingerprint density at radius 1 is 1.00 bits per heavy atom. The maximum atomic E-state index is 13.5. The average molecular weight is 431 g/mol. The van der Waals surface area contributed by atoms with E-state index in [9.17, 15) is 9.59 Å². The smallest absolute Gasteiger partial charge is 0.239 e. The molecule has 1 aromatic heterocycles. The second-order valence-electron chi connectivity index (χ2n) is 8.48. The number of anilines is 1. The van der Waals surface area contributed by atoms with Gasteiger partial charge in [-0.15, -0.1) is 11.3 Å². The van der Waals surface area contributed by atoms with E-state index in [0.717, 1.165) is 60.5 Å². The van der Waals surface area contributed by atoms with Crippen molar-refractivity contribution < 1.29 is 9.59 Å². The Balaban J connectivity index is 1.36. The van der Waals surface area contributed by atoms with Gasteiger partial charge in [0.1, 0.15) is 5.00 Å². The van der Waals surface area contributed by atoms with Crippen molar-refractivity contribution in [2.45, 2.75) is 39.2 Å². The first-order valence-electron chi connectivity index (χ1n) is 10.9. The van der Waals surface area contributed by atoms with Crippen LogP contribution in [0.15, 0.2) is 48.5 Å². The number of nitrogens with zero attached hydrogens (tertiary/aromatic N) is 1. The summed E-state index contributed by atoms with van der Waals surface area (Å²) >= 11 is 1.59. The van der Waals surface area contributed by atoms with Crippen LogP contribution in [-0.2, 0) is 30.6 Å². The van der Waals surface area contributed by atoms with E-state index in [0.29, 0.717) is 12.1 Å². The molecule has 31 heavy (non-hydrogen) atoms. The highest BCUT2D eigenvalue weighted by Crippen LogP contribution is 2.40. The van der Waals surface area contributed by atoms with E-state index in [-0.39, 0.29) is 11.7 Å². The van der Waals surface area contributed by atoms with Crippen molar-refractivity contribution in [3.8, 4) is 0 Å².